The van der Waals surface area contributed by atoms with Crippen LogP contribution in [0.1, 0.15) is 0 Å². The minimum atomic E-state index is 0.564. The minimum Gasteiger partial charge on any atom is -0.311 e. The van der Waals surface area contributed by atoms with Gasteiger partial charge in [-0.1, -0.05) is 115 Å². The van der Waals surface area contributed by atoms with Gasteiger partial charge in [-0.15, -0.1) is 0 Å². The van der Waals surface area contributed by atoms with Crippen LogP contribution < -0.4 is 0 Å². The number of rotatable bonds is 4. The molecule has 0 unspecified atom stereocenters. The van der Waals surface area contributed by atoms with E-state index in [1.54, 1.807) is 0 Å². The molecule has 0 amide bonds. The predicted molar refractivity (Wildman–Crippen MR) is 199 cm³/mol. The van der Waals surface area contributed by atoms with Crippen LogP contribution in [0.25, 0.3) is 86.9 Å². The Morgan fingerprint density at radius 3 is 1.50 bits per heavy atom. The maximum Gasteiger partial charge on any atom is 0.189 e. The Bertz CT molecular complexity index is 2750. The fraction of sp³-hybridized carbons (Fsp3) is 0. The summed E-state index contributed by atoms with van der Waals surface area (Å²) in [6, 6.07) is 54.5. The van der Waals surface area contributed by atoms with Crippen molar-refractivity contribution in [2.75, 3.05) is 0 Å². The lowest BCUT2D eigenvalue weighted by atomic mass is 9.93. The van der Waals surface area contributed by atoms with Crippen LogP contribution in [0.3, 0.4) is 0 Å². The summed E-state index contributed by atoms with van der Waals surface area (Å²) in [6.07, 6.45) is 0. The van der Waals surface area contributed by atoms with E-state index in [0.717, 1.165) is 55.4 Å². The van der Waals surface area contributed by atoms with Crippen LogP contribution in [0, 0.1) is 13.1 Å². The van der Waals surface area contributed by atoms with E-state index in [9.17, 15) is 0 Å². The molecular weight excluding hydrogens is 585 g/mol. The molecule has 0 atom stereocenters. The lowest BCUT2D eigenvalue weighted by molar-refractivity contribution is 1.18. The summed E-state index contributed by atoms with van der Waals surface area (Å²) in [5.41, 5.74) is 11.8. The quantitative estimate of drug-likeness (QED) is 0.177. The van der Waals surface area contributed by atoms with Crippen LogP contribution in [0.4, 0.5) is 11.4 Å². The smallest absolute Gasteiger partial charge is 0.189 e. The van der Waals surface area contributed by atoms with Gasteiger partial charge in [0.25, 0.3) is 0 Å². The van der Waals surface area contributed by atoms with Crippen LogP contribution >= 0.6 is 0 Å². The highest BCUT2D eigenvalue weighted by atomic mass is 15.0. The molecule has 0 aliphatic carbocycles. The third kappa shape index (κ3) is 4.14. The summed E-state index contributed by atoms with van der Waals surface area (Å²) in [5.74, 6) is 0. The third-order valence-electron chi connectivity index (χ3n) is 9.37. The van der Waals surface area contributed by atoms with Gasteiger partial charge in [0.05, 0.1) is 29.7 Å². The summed E-state index contributed by atoms with van der Waals surface area (Å²) in [4.78, 5) is 7.55. The van der Waals surface area contributed by atoms with Gasteiger partial charge in [-0.25, -0.2) is 9.69 Å². The van der Waals surface area contributed by atoms with E-state index < -0.39 is 0 Å². The summed E-state index contributed by atoms with van der Waals surface area (Å²) in [6.45, 7) is 15.6. The van der Waals surface area contributed by atoms with Crippen LogP contribution in [0.5, 0.6) is 0 Å². The average Bonchev–Trinajstić information content (AvgIpc) is 3.67. The zero-order valence-corrected chi connectivity index (χ0v) is 25.8. The molecule has 0 radical (unpaired) electrons. The summed E-state index contributed by atoms with van der Waals surface area (Å²) in [5, 5.41) is 4.67. The summed E-state index contributed by atoms with van der Waals surface area (Å²) in [7, 11) is 0. The number of aromatic nitrogens is 2. The largest absolute Gasteiger partial charge is 0.311 e. The Balaban J connectivity index is 1.24. The number of benzene rings is 7. The van der Waals surface area contributed by atoms with Crippen LogP contribution in [-0.2, 0) is 0 Å². The SMILES string of the molecule is [C-]#[N+]c1ccc(-c2ccccc2-c2ccc(-n3c4ccccc4c4ccccc43)cc2)c(-n2c3ccccc3c3ccc([N+]#[C-])cc32)c1. The fourth-order valence-electron chi connectivity index (χ4n) is 7.25. The van der Waals surface area contributed by atoms with Crippen molar-refractivity contribution >= 4 is 55.0 Å². The number of nitrogens with zero attached hydrogens (tertiary/aromatic N) is 4. The van der Waals surface area contributed by atoms with E-state index >= 15 is 0 Å². The highest BCUT2D eigenvalue weighted by molar-refractivity contribution is 6.11. The molecule has 0 aliphatic heterocycles. The van der Waals surface area contributed by atoms with Gasteiger partial charge < -0.3 is 9.13 Å². The number of para-hydroxylation sites is 3. The molecule has 0 N–H and O–H groups in total. The zero-order valence-electron chi connectivity index (χ0n) is 25.8. The molecule has 0 saturated carbocycles. The topological polar surface area (TPSA) is 18.6 Å². The molecule has 222 valence electrons. The second kappa shape index (κ2) is 10.9. The third-order valence-corrected chi connectivity index (χ3v) is 9.37. The molecule has 9 rings (SSSR count). The van der Waals surface area contributed by atoms with Crippen LogP contribution in [0.15, 0.2) is 158 Å². The number of fused-ring (bicyclic) bond motifs is 6. The Labute approximate surface area is 277 Å². The molecule has 0 bridgehead atoms. The molecule has 0 fully saturated rings. The fourth-order valence-corrected chi connectivity index (χ4v) is 7.25. The van der Waals surface area contributed by atoms with Crippen LogP contribution in [0.2, 0.25) is 0 Å². The standard InChI is InChI=1S/C44H26N4/c1-45-30-21-25-38(43(27-30)48-42-18-10-7-15-37(42)39-26-22-31(46-2)28-44(39)48)34-12-4-3-11-33(34)29-19-23-32(24-20-29)47-40-16-8-5-13-35(40)36-14-6-9-17-41(36)47/h3-28H. The normalized spacial score (nSPS) is 11.3. The number of hydrogen-bond donors (Lipinski definition) is 0. The second-order valence-electron chi connectivity index (χ2n) is 11.9. The Hall–Kier alpha value is -6.88. The monoisotopic (exact) mass is 610 g/mol. The van der Waals surface area contributed by atoms with E-state index in [1.165, 1.54) is 21.8 Å². The van der Waals surface area contributed by atoms with E-state index in [2.05, 4.69) is 134 Å². The molecule has 48 heavy (non-hydrogen) atoms. The lowest BCUT2D eigenvalue weighted by Crippen LogP contribution is -1.98. The average molecular weight is 611 g/mol. The molecular formula is C44H26N4. The van der Waals surface area contributed by atoms with E-state index in [4.69, 9.17) is 13.1 Å². The molecule has 4 nitrogen and oxygen atoms in total. The Morgan fingerprint density at radius 1 is 0.375 bits per heavy atom. The van der Waals surface area contributed by atoms with Gasteiger partial charge in [-0.2, -0.15) is 0 Å². The highest BCUT2D eigenvalue weighted by Gasteiger charge is 2.19. The maximum absolute atomic E-state index is 7.86. The van der Waals surface area contributed by atoms with Crippen molar-refractivity contribution in [1.82, 2.24) is 9.13 Å². The molecule has 4 heteroatoms. The first-order valence-electron chi connectivity index (χ1n) is 15.8. The molecule has 2 heterocycles. The van der Waals surface area contributed by atoms with Crippen molar-refractivity contribution < 1.29 is 0 Å². The van der Waals surface area contributed by atoms with Gasteiger partial charge in [-0.05, 0) is 59.2 Å². The molecule has 0 aliphatic rings. The van der Waals surface area contributed by atoms with Crippen molar-refractivity contribution in [3.8, 4) is 33.6 Å². The van der Waals surface area contributed by atoms with Gasteiger partial charge in [0, 0.05) is 44.0 Å². The van der Waals surface area contributed by atoms with Crippen LogP contribution in [-0.4, -0.2) is 9.13 Å². The zero-order chi connectivity index (χ0) is 32.2. The second-order valence-corrected chi connectivity index (χ2v) is 11.9. The molecule has 7 aromatic carbocycles. The van der Waals surface area contributed by atoms with Crippen molar-refractivity contribution in [3.63, 3.8) is 0 Å². The Kier molecular flexibility index (Phi) is 6.22. The van der Waals surface area contributed by atoms with E-state index in [0.29, 0.717) is 11.4 Å². The first-order chi connectivity index (χ1) is 23.7. The highest BCUT2D eigenvalue weighted by Crippen LogP contribution is 2.42. The summed E-state index contributed by atoms with van der Waals surface area (Å²) >= 11 is 0. The Morgan fingerprint density at radius 2 is 0.875 bits per heavy atom. The van der Waals surface area contributed by atoms with Gasteiger partial charge >= 0.3 is 0 Å². The minimum absolute atomic E-state index is 0.564. The predicted octanol–water partition coefficient (Wildman–Crippen LogP) is 12.3. The first kappa shape index (κ1) is 27.4. The van der Waals surface area contributed by atoms with Crippen molar-refractivity contribution in [3.05, 3.63) is 181 Å². The van der Waals surface area contributed by atoms with E-state index in [-0.39, 0.29) is 0 Å². The molecule has 0 spiro atoms. The van der Waals surface area contributed by atoms with Gasteiger partial charge in [0.15, 0.2) is 11.4 Å². The van der Waals surface area contributed by atoms with Crippen molar-refractivity contribution in [1.29, 1.82) is 0 Å². The maximum atomic E-state index is 7.86. The van der Waals surface area contributed by atoms with Gasteiger partial charge in [-0.3, -0.25) is 0 Å². The van der Waals surface area contributed by atoms with Gasteiger partial charge in [0.2, 0.25) is 0 Å². The lowest BCUT2D eigenvalue weighted by Gasteiger charge is -2.18. The first-order valence-corrected chi connectivity index (χ1v) is 15.8. The molecule has 9 aromatic rings. The summed E-state index contributed by atoms with van der Waals surface area (Å²) < 4.78 is 4.55. The number of hydrogen-bond acceptors (Lipinski definition) is 0. The van der Waals surface area contributed by atoms with Crippen molar-refractivity contribution in [2.45, 2.75) is 0 Å². The van der Waals surface area contributed by atoms with Gasteiger partial charge in [0.1, 0.15) is 0 Å². The van der Waals surface area contributed by atoms with Crippen molar-refractivity contribution in [2.24, 2.45) is 0 Å². The molecule has 0 saturated heterocycles. The molecule has 2 aromatic heterocycles. The van der Waals surface area contributed by atoms with E-state index in [1.807, 2.05) is 42.5 Å².